The average Bonchev–Trinajstić information content (AvgIpc) is 3.15. The summed E-state index contributed by atoms with van der Waals surface area (Å²) in [4.78, 5) is 24.6. The van der Waals surface area contributed by atoms with Gasteiger partial charge in [-0.15, -0.1) is 0 Å². The van der Waals surface area contributed by atoms with E-state index in [1.807, 2.05) is 30.3 Å². The van der Waals surface area contributed by atoms with E-state index in [1.54, 1.807) is 0 Å². The van der Waals surface area contributed by atoms with Gasteiger partial charge in [-0.05, 0) is 30.2 Å². The van der Waals surface area contributed by atoms with Crippen molar-refractivity contribution < 1.29 is 18.0 Å². The Morgan fingerprint density at radius 3 is 2.50 bits per heavy atom. The first-order chi connectivity index (χ1) is 12.3. The fraction of sp³-hybridized carbons (Fsp3) is 0.556. The topological polar surface area (TPSA) is 95.6 Å². The predicted octanol–water partition coefficient (Wildman–Crippen LogP) is 0.132. The minimum atomic E-state index is -3.50. The van der Waals surface area contributed by atoms with Gasteiger partial charge in [-0.25, -0.2) is 8.42 Å². The second-order valence-corrected chi connectivity index (χ2v) is 9.22. The van der Waals surface area contributed by atoms with Crippen molar-refractivity contribution in [2.45, 2.75) is 25.3 Å². The van der Waals surface area contributed by atoms with E-state index in [1.165, 1.54) is 11.4 Å². The van der Waals surface area contributed by atoms with Crippen molar-refractivity contribution in [3.05, 3.63) is 35.9 Å². The lowest BCUT2D eigenvalue weighted by Gasteiger charge is -2.20. The number of sulfonamides is 1. The molecule has 7 nitrogen and oxygen atoms in total. The summed E-state index contributed by atoms with van der Waals surface area (Å²) in [5, 5.41) is 5.47. The molecule has 1 aromatic carbocycles. The van der Waals surface area contributed by atoms with Crippen molar-refractivity contribution >= 4 is 21.8 Å². The number of nitrogens with zero attached hydrogens (tertiary/aromatic N) is 1. The van der Waals surface area contributed by atoms with Gasteiger partial charge in [-0.2, -0.15) is 4.31 Å². The normalized spacial score (nSPS) is 28.1. The molecule has 26 heavy (non-hydrogen) atoms. The van der Waals surface area contributed by atoms with Crippen molar-refractivity contribution in [1.82, 2.24) is 14.9 Å². The molecule has 0 aromatic heterocycles. The molecule has 2 amide bonds. The number of carbonyl (C=O) groups is 2. The summed E-state index contributed by atoms with van der Waals surface area (Å²) in [6.45, 7) is 0.783. The summed E-state index contributed by atoms with van der Waals surface area (Å²) in [5.41, 5.74) is 0.749. The largest absolute Gasteiger partial charge is 0.358 e. The number of likely N-dealkylation sites (N-methyl/N-ethyl adjacent to an activating group) is 1. The third-order valence-electron chi connectivity index (χ3n) is 5.46. The molecule has 2 aliphatic rings. The maximum Gasteiger partial charge on any atom is 0.238 e. The van der Waals surface area contributed by atoms with Crippen LogP contribution < -0.4 is 10.6 Å². The van der Waals surface area contributed by atoms with Crippen LogP contribution in [0.25, 0.3) is 0 Å². The van der Waals surface area contributed by atoms with E-state index in [0.717, 1.165) is 18.2 Å². The average molecular weight is 379 g/mol. The number of nitrogens with one attached hydrogen (secondary N) is 2. The van der Waals surface area contributed by atoms with Crippen LogP contribution in [0.3, 0.4) is 0 Å². The van der Waals surface area contributed by atoms with Crippen LogP contribution in [0.1, 0.15) is 18.4 Å². The molecule has 3 atom stereocenters. The third kappa shape index (κ3) is 3.76. The zero-order valence-electron chi connectivity index (χ0n) is 15.1. The molecule has 1 saturated carbocycles. The number of carbonyl (C=O) groups excluding carboxylic acids is 2. The Balaban J connectivity index is 1.59. The van der Waals surface area contributed by atoms with Gasteiger partial charge in [-0.3, -0.25) is 9.59 Å². The smallest absolute Gasteiger partial charge is 0.238 e. The fourth-order valence-electron chi connectivity index (χ4n) is 3.93. The number of amides is 2. The van der Waals surface area contributed by atoms with E-state index >= 15 is 0 Å². The highest BCUT2D eigenvalue weighted by Gasteiger charge is 2.65. The molecule has 1 spiro atoms. The lowest BCUT2D eigenvalue weighted by Crippen LogP contribution is -2.44. The van der Waals surface area contributed by atoms with Crippen LogP contribution in [-0.4, -0.2) is 57.0 Å². The molecule has 8 heteroatoms. The molecule has 0 unspecified atom stereocenters. The van der Waals surface area contributed by atoms with Crippen LogP contribution in [0.15, 0.2) is 30.3 Å². The van der Waals surface area contributed by atoms with Crippen LogP contribution in [-0.2, 0) is 26.0 Å². The lowest BCUT2D eigenvalue weighted by molar-refractivity contribution is -0.124. The van der Waals surface area contributed by atoms with E-state index < -0.39 is 21.5 Å². The SMILES string of the molecule is CNC(=O)[C@@H]1C[C@@]2(C[C@@H]2C(=O)NCCc2ccccc2)CN1S(C)(=O)=O. The second-order valence-electron chi connectivity index (χ2n) is 7.29. The van der Waals surface area contributed by atoms with Crippen molar-refractivity contribution in [3.8, 4) is 0 Å². The molecular weight excluding hydrogens is 354 g/mol. The van der Waals surface area contributed by atoms with E-state index in [9.17, 15) is 18.0 Å². The van der Waals surface area contributed by atoms with Crippen molar-refractivity contribution in [1.29, 1.82) is 0 Å². The Labute approximate surface area is 154 Å². The first-order valence-corrected chi connectivity index (χ1v) is 10.6. The molecular formula is C18H25N3O4S. The Bertz CT molecular complexity index is 796. The summed E-state index contributed by atoms with van der Waals surface area (Å²) in [5.74, 6) is -0.591. The minimum Gasteiger partial charge on any atom is -0.358 e. The van der Waals surface area contributed by atoms with Gasteiger partial charge in [0.1, 0.15) is 6.04 Å². The van der Waals surface area contributed by atoms with Crippen LogP contribution in [0.2, 0.25) is 0 Å². The van der Waals surface area contributed by atoms with Gasteiger partial charge in [-0.1, -0.05) is 30.3 Å². The summed E-state index contributed by atoms with van der Waals surface area (Å²) < 4.78 is 25.3. The predicted molar refractivity (Wildman–Crippen MR) is 97.7 cm³/mol. The maximum absolute atomic E-state index is 12.5. The Kier molecular flexibility index (Phi) is 5.07. The maximum atomic E-state index is 12.5. The number of rotatable bonds is 6. The zero-order chi connectivity index (χ0) is 18.9. The summed E-state index contributed by atoms with van der Waals surface area (Å²) >= 11 is 0. The van der Waals surface area contributed by atoms with Crippen LogP contribution in [0.4, 0.5) is 0 Å². The molecule has 1 aliphatic carbocycles. The summed E-state index contributed by atoms with van der Waals surface area (Å²) in [7, 11) is -2.00. The van der Waals surface area contributed by atoms with E-state index in [4.69, 9.17) is 0 Å². The van der Waals surface area contributed by atoms with Crippen molar-refractivity contribution in [3.63, 3.8) is 0 Å². The molecule has 1 aliphatic heterocycles. The highest BCUT2D eigenvalue weighted by Crippen LogP contribution is 2.60. The van der Waals surface area contributed by atoms with Crippen molar-refractivity contribution in [2.75, 3.05) is 26.4 Å². The molecule has 142 valence electrons. The van der Waals surface area contributed by atoms with E-state index in [0.29, 0.717) is 19.4 Å². The van der Waals surface area contributed by atoms with Crippen LogP contribution in [0, 0.1) is 11.3 Å². The molecule has 3 rings (SSSR count). The number of hydrogen-bond acceptors (Lipinski definition) is 4. The standard InChI is InChI=1S/C18H25N3O4S/c1-19-17(23)15-11-18(12-21(15)26(2,24)25)10-14(18)16(22)20-9-8-13-6-4-3-5-7-13/h3-7,14-15H,8-12H2,1-2H3,(H,19,23)(H,20,22)/t14-,15+,18+/m1/s1. The van der Waals surface area contributed by atoms with Gasteiger partial charge in [0.2, 0.25) is 21.8 Å². The van der Waals surface area contributed by atoms with Gasteiger partial charge in [0, 0.05) is 26.1 Å². The lowest BCUT2D eigenvalue weighted by atomic mass is 9.99. The third-order valence-corrected chi connectivity index (χ3v) is 6.69. The first-order valence-electron chi connectivity index (χ1n) is 8.77. The Morgan fingerprint density at radius 2 is 1.88 bits per heavy atom. The van der Waals surface area contributed by atoms with Crippen LogP contribution >= 0.6 is 0 Å². The van der Waals surface area contributed by atoms with Gasteiger partial charge >= 0.3 is 0 Å². The minimum absolute atomic E-state index is 0.0491. The van der Waals surface area contributed by atoms with E-state index in [2.05, 4.69) is 10.6 Å². The van der Waals surface area contributed by atoms with Crippen LogP contribution in [0.5, 0.6) is 0 Å². The molecule has 0 radical (unpaired) electrons. The molecule has 2 N–H and O–H groups in total. The Morgan fingerprint density at radius 1 is 1.19 bits per heavy atom. The highest BCUT2D eigenvalue weighted by atomic mass is 32.2. The number of benzene rings is 1. The Hall–Kier alpha value is -1.93. The molecule has 1 aromatic rings. The quantitative estimate of drug-likeness (QED) is 0.735. The van der Waals surface area contributed by atoms with E-state index in [-0.39, 0.29) is 24.3 Å². The number of hydrogen-bond donors (Lipinski definition) is 2. The highest BCUT2D eigenvalue weighted by molar-refractivity contribution is 7.88. The summed E-state index contributed by atoms with van der Waals surface area (Å²) in [6, 6.07) is 9.18. The molecule has 1 saturated heterocycles. The van der Waals surface area contributed by atoms with Gasteiger partial charge in [0.25, 0.3) is 0 Å². The fourth-order valence-corrected chi connectivity index (χ4v) is 5.05. The second kappa shape index (κ2) is 7.00. The van der Waals surface area contributed by atoms with Crippen molar-refractivity contribution in [2.24, 2.45) is 11.3 Å². The van der Waals surface area contributed by atoms with Gasteiger partial charge in [0.05, 0.1) is 6.26 Å². The molecule has 1 heterocycles. The van der Waals surface area contributed by atoms with Gasteiger partial charge < -0.3 is 10.6 Å². The summed E-state index contributed by atoms with van der Waals surface area (Å²) in [6.07, 6.45) is 2.89. The molecule has 0 bridgehead atoms. The van der Waals surface area contributed by atoms with Gasteiger partial charge in [0.15, 0.2) is 0 Å². The first kappa shape index (κ1) is 18.8. The monoisotopic (exact) mass is 379 g/mol. The zero-order valence-corrected chi connectivity index (χ0v) is 15.9. The molecule has 2 fully saturated rings.